The average Bonchev–Trinajstić information content (AvgIpc) is 3.03. The van der Waals surface area contributed by atoms with Crippen LogP contribution in [-0.4, -0.2) is 40.2 Å². The van der Waals surface area contributed by atoms with Gasteiger partial charge in [-0.25, -0.2) is 4.79 Å². The van der Waals surface area contributed by atoms with E-state index in [-0.39, 0.29) is 11.9 Å². The standard InChI is InChI=1S/C19H26N2O3S/c1-19(2,3)24-18(23)21-12-25-11-16(21)17(22)20-15-10-6-8-13-7-4-5-9-14(13)15/h4-5,7,9,15-16H,6,8,10-12H2,1-3H3,(H,20,22)/t15-,16+/m1/s1. The average molecular weight is 362 g/mol. The third-order valence-electron chi connectivity index (χ3n) is 4.50. The number of aryl methyl sites for hydroxylation is 1. The van der Waals surface area contributed by atoms with Crippen LogP contribution < -0.4 is 5.32 Å². The molecule has 1 aromatic rings. The van der Waals surface area contributed by atoms with Crippen LogP contribution >= 0.6 is 11.8 Å². The van der Waals surface area contributed by atoms with Crippen molar-refractivity contribution in [2.75, 3.05) is 11.6 Å². The number of hydrogen-bond acceptors (Lipinski definition) is 4. The second-order valence-electron chi connectivity index (χ2n) is 7.62. The summed E-state index contributed by atoms with van der Waals surface area (Å²) in [4.78, 5) is 26.7. The number of thioether (sulfide) groups is 1. The Morgan fingerprint density at radius 2 is 2.04 bits per heavy atom. The van der Waals surface area contributed by atoms with Crippen molar-refractivity contribution < 1.29 is 14.3 Å². The zero-order chi connectivity index (χ0) is 18.0. The van der Waals surface area contributed by atoms with Gasteiger partial charge in [-0.1, -0.05) is 24.3 Å². The number of nitrogens with one attached hydrogen (secondary N) is 1. The Morgan fingerprint density at radius 3 is 2.80 bits per heavy atom. The molecule has 25 heavy (non-hydrogen) atoms. The number of carbonyl (C=O) groups is 2. The quantitative estimate of drug-likeness (QED) is 0.875. The van der Waals surface area contributed by atoms with E-state index < -0.39 is 17.7 Å². The highest BCUT2D eigenvalue weighted by Gasteiger charge is 2.38. The molecule has 2 atom stereocenters. The first-order valence-electron chi connectivity index (χ1n) is 8.81. The maximum atomic E-state index is 12.8. The Bertz CT molecular complexity index is 656. The van der Waals surface area contributed by atoms with Crippen molar-refractivity contribution in [1.82, 2.24) is 10.2 Å². The summed E-state index contributed by atoms with van der Waals surface area (Å²) in [5, 5.41) is 3.16. The van der Waals surface area contributed by atoms with Crippen LogP contribution in [0.5, 0.6) is 0 Å². The number of carbonyl (C=O) groups excluding carboxylic acids is 2. The smallest absolute Gasteiger partial charge is 0.411 e. The van der Waals surface area contributed by atoms with Crippen LogP contribution in [0.4, 0.5) is 4.79 Å². The predicted octanol–water partition coefficient (Wildman–Crippen LogP) is 3.49. The molecule has 6 heteroatoms. The highest BCUT2D eigenvalue weighted by Crippen LogP contribution is 2.30. The van der Waals surface area contributed by atoms with Crippen LogP contribution in [0.15, 0.2) is 24.3 Å². The fourth-order valence-electron chi connectivity index (χ4n) is 3.33. The largest absolute Gasteiger partial charge is 0.444 e. The number of hydrogen-bond donors (Lipinski definition) is 1. The van der Waals surface area contributed by atoms with Gasteiger partial charge in [0.2, 0.25) is 5.91 Å². The molecule has 0 unspecified atom stereocenters. The van der Waals surface area contributed by atoms with E-state index in [0.29, 0.717) is 11.6 Å². The second kappa shape index (κ2) is 7.28. The summed E-state index contributed by atoms with van der Waals surface area (Å²) < 4.78 is 5.44. The van der Waals surface area contributed by atoms with Crippen LogP contribution in [0.1, 0.15) is 50.8 Å². The van der Waals surface area contributed by atoms with E-state index >= 15 is 0 Å². The summed E-state index contributed by atoms with van der Waals surface area (Å²) in [5.74, 6) is 1.02. The minimum Gasteiger partial charge on any atom is -0.444 e. The number of rotatable bonds is 2. The van der Waals surface area contributed by atoms with E-state index in [2.05, 4.69) is 17.4 Å². The molecule has 2 aliphatic rings. The molecule has 1 aliphatic carbocycles. The molecule has 1 saturated heterocycles. The fourth-order valence-corrected chi connectivity index (χ4v) is 4.47. The van der Waals surface area contributed by atoms with Gasteiger partial charge in [-0.2, -0.15) is 0 Å². The van der Waals surface area contributed by atoms with Gasteiger partial charge in [0.1, 0.15) is 11.6 Å². The van der Waals surface area contributed by atoms with Gasteiger partial charge >= 0.3 is 6.09 Å². The molecule has 5 nitrogen and oxygen atoms in total. The molecule has 1 heterocycles. The SMILES string of the molecule is CC(C)(C)OC(=O)N1CSC[C@H]1C(=O)N[C@@H]1CCCc2ccccc21. The summed E-state index contributed by atoms with van der Waals surface area (Å²) in [6.45, 7) is 5.51. The van der Waals surface area contributed by atoms with Crippen LogP contribution in [-0.2, 0) is 16.0 Å². The van der Waals surface area contributed by atoms with Crippen LogP contribution in [0, 0.1) is 0 Å². The predicted molar refractivity (Wildman–Crippen MR) is 99.4 cm³/mol. The van der Waals surface area contributed by atoms with Gasteiger partial charge < -0.3 is 10.1 Å². The highest BCUT2D eigenvalue weighted by molar-refractivity contribution is 7.99. The van der Waals surface area contributed by atoms with E-state index in [4.69, 9.17) is 4.74 Å². The lowest BCUT2D eigenvalue weighted by molar-refractivity contribution is -0.126. The first-order valence-corrected chi connectivity index (χ1v) is 9.96. The topological polar surface area (TPSA) is 58.6 Å². The van der Waals surface area contributed by atoms with Crippen molar-refractivity contribution in [2.24, 2.45) is 0 Å². The lowest BCUT2D eigenvalue weighted by Gasteiger charge is -2.30. The molecule has 0 bridgehead atoms. The van der Waals surface area contributed by atoms with Crippen LogP contribution in [0.3, 0.4) is 0 Å². The molecule has 1 aliphatic heterocycles. The highest BCUT2D eigenvalue weighted by atomic mass is 32.2. The monoisotopic (exact) mass is 362 g/mol. The van der Waals surface area contributed by atoms with Crippen molar-refractivity contribution in [3.8, 4) is 0 Å². The van der Waals surface area contributed by atoms with E-state index in [1.807, 2.05) is 32.9 Å². The van der Waals surface area contributed by atoms with Crippen molar-refractivity contribution in [1.29, 1.82) is 0 Å². The number of nitrogens with zero attached hydrogens (tertiary/aromatic N) is 1. The van der Waals surface area contributed by atoms with Gasteiger partial charge in [0.25, 0.3) is 0 Å². The molecule has 1 aromatic carbocycles. The van der Waals surface area contributed by atoms with E-state index in [0.717, 1.165) is 19.3 Å². The van der Waals surface area contributed by atoms with E-state index in [9.17, 15) is 9.59 Å². The summed E-state index contributed by atoms with van der Waals surface area (Å²) >= 11 is 1.58. The first-order chi connectivity index (χ1) is 11.8. The van der Waals surface area contributed by atoms with Gasteiger partial charge in [0, 0.05) is 5.75 Å². The third-order valence-corrected chi connectivity index (χ3v) is 5.51. The Balaban J connectivity index is 1.68. The third kappa shape index (κ3) is 4.29. The number of amides is 2. The van der Waals surface area contributed by atoms with Crippen molar-refractivity contribution in [2.45, 2.75) is 57.7 Å². The lowest BCUT2D eigenvalue weighted by Crippen LogP contribution is -2.49. The summed E-state index contributed by atoms with van der Waals surface area (Å²) in [6.07, 6.45) is 2.65. The molecule has 0 spiro atoms. The fraction of sp³-hybridized carbons (Fsp3) is 0.579. The Morgan fingerprint density at radius 1 is 1.28 bits per heavy atom. The molecular weight excluding hydrogens is 336 g/mol. The first kappa shape index (κ1) is 18.1. The Hall–Kier alpha value is -1.69. The molecule has 2 amide bonds. The zero-order valence-corrected chi connectivity index (χ0v) is 15.9. The van der Waals surface area contributed by atoms with E-state index in [1.54, 1.807) is 16.7 Å². The molecule has 0 saturated carbocycles. The summed E-state index contributed by atoms with van der Waals surface area (Å²) in [7, 11) is 0. The van der Waals surface area contributed by atoms with Gasteiger partial charge in [-0.3, -0.25) is 9.69 Å². The molecule has 1 N–H and O–H groups in total. The number of fused-ring (bicyclic) bond motifs is 1. The lowest BCUT2D eigenvalue weighted by atomic mass is 9.87. The molecule has 3 rings (SSSR count). The molecular formula is C19H26N2O3S. The maximum absolute atomic E-state index is 12.8. The molecule has 1 fully saturated rings. The minimum absolute atomic E-state index is 0.0311. The van der Waals surface area contributed by atoms with E-state index in [1.165, 1.54) is 11.1 Å². The van der Waals surface area contributed by atoms with Gasteiger partial charge in [-0.05, 0) is 51.2 Å². The van der Waals surface area contributed by atoms with Crippen molar-refractivity contribution in [3.05, 3.63) is 35.4 Å². The van der Waals surface area contributed by atoms with Gasteiger partial charge in [0.05, 0.1) is 11.9 Å². The van der Waals surface area contributed by atoms with Crippen LogP contribution in [0.25, 0.3) is 0 Å². The molecule has 0 radical (unpaired) electrons. The Kier molecular flexibility index (Phi) is 5.27. The van der Waals surface area contributed by atoms with Gasteiger partial charge in [-0.15, -0.1) is 11.8 Å². The summed E-state index contributed by atoms with van der Waals surface area (Å²) in [5.41, 5.74) is 1.95. The summed E-state index contributed by atoms with van der Waals surface area (Å²) in [6, 6.07) is 7.85. The zero-order valence-electron chi connectivity index (χ0n) is 15.1. The van der Waals surface area contributed by atoms with Crippen molar-refractivity contribution in [3.63, 3.8) is 0 Å². The molecule has 0 aromatic heterocycles. The Labute approximate surface area is 153 Å². The number of ether oxygens (including phenoxy) is 1. The van der Waals surface area contributed by atoms with Crippen molar-refractivity contribution >= 4 is 23.8 Å². The minimum atomic E-state index is -0.562. The second-order valence-corrected chi connectivity index (χ2v) is 8.62. The van der Waals surface area contributed by atoms with Gasteiger partial charge in [0.15, 0.2) is 0 Å². The number of benzene rings is 1. The normalized spacial score (nSPS) is 23.1. The van der Waals surface area contributed by atoms with Crippen LogP contribution in [0.2, 0.25) is 0 Å². The maximum Gasteiger partial charge on any atom is 0.411 e. The molecule has 136 valence electrons.